The Balaban J connectivity index is 2.14. The van der Waals surface area contributed by atoms with Crippen LogP contribution in [0.15, 0.2) is 0 Å². The molecule has 0 aromatic carbocycles. The van der Waals surface area contributed by atoms with E-state index in [-0.39, 0.29) is 0 Å². The van der Waals surface area contributed by atoms with Crippen LogP contribution in [0.5, 0.6) is 0 Å². The maximum absolute atomic E-state index is 2.39. The summed E-state index contributed by atoms with van der Waals surface area (Å²) in [6.07, 6.45) is 7.08. The Morgan fingerprint density at radius 3 is 2.45 bits per heavy atom. The lowest BCUT2D eigenvalue weighted by Gasteiger charge is -2.23. The van der Waals surface area contributed by atoms with Crippen molar-refractivity contribution in [1.82, 2.24) is 0 Å². The Morgan fingerprint density at radius 2 is 2.00 bits per heavy atom. The van der Waals surface area contributed by atoms with Gasteiger partial charge < -0.3 is 0 Å². The average Bonchev–Trinajstić information content (AvgIpc) is 2.67. The van der Waals surface area contributed by atoms with Crippen LogP contribution < -0.4 is 0 Å². The fraction of sp³-hybridized carbons (Fsp3) is 1.00. The topological polar surface area (TPSA) is 0 Å². The van der Waals surface area contributed by atoms with E-state index in [9.17, 15) is 0 Å². The molecule has 0 spiro atoms. The molecule has 11 heavy (non-hydrogen) atoms. The molecule has 0 amide bonds. The van der Waals surface area contributed by atoms with Crippen molar-refractivity contribution >= 4 is 11.8 Å². The molecule has 0 N–H and O–H groups in total. The summed E-state index contributed by atoms with van der Waals surface area (Å²) in [6, 6.07) is 0. The van der Waals surface area contributed by atoms with Crippen LogP contribution in [-0.4, -0.2) is 10.00 Å². The van der Waals surface area contributed by atoms with Gasteiger partial charge in [0, 0.05) is 10.00 Å². The summed E-state index contributed by atoms with van der Waals surface area (Å²) in [5, 5.41) is 1.02. The van der Waals surface area contributed by atoms with Crippen molar-refractivity contribution in [2.75, 3.05) is 0 Å². The first-order valence-corrected chi connectivity index (χ1v) is 5.70. The molecule has 0 bridgehead atoms. The molecule has 0 heterocycles. The lowest BCUT2D eigenvalue weighted by molar-refractivity contribution is 0.593. The zero-order chi connectivity index (χ0) is 8.32. The summed E-state index contributed by atoms with van der Waals surface area (Å²) in [5.74, 6) is 0. The van der Waals surface area contributed by atoms with E-state index in [1.54, 1.807) is 0 Å². The van der Waals surface area contributed by atoms with Gasteiger partial charge in [0.15, 0.2) is 0 Å². The van der Waals surface area contributed by atoms with Crippen LogP contribution in [0.25, 0.3) is 0 Å². The van der Waals surface area contributed by atoms with Crippen LogP contribution in [0.2, 0.25) is 0 Å². The van der Waals surface area contributed by atoms with Gasteiger partial charge >= 0.3 is 0 Å². The molecule has 0 nitrogen and oxygen atoms in total. The van der Waals surface area contributed by atoms with E-state index in [0.717, 1.165) is 5.25 Å². The minimum atomic E-state index is 0.553. The van der Waals surface area contributed by atoms with Crippen molar-refractivity contribution in [3.63, 3.8) is 0 Å². The Bertz CT molecular complexity index is 114. The first-order chi connectivity index (χ1) is 5.14. The van der Waals surface area contributed by atoms with Crippen LogP contribution in [0.3, 0.4) is 0 Å². The van der Waals surface area contributed by atoms with Gasteiger partial charge in [-0.3, -0.25) is 0 Å². The largest absolute Gasteiger partial charge is 0.152 e. The number of hydrogen-bond acceptors (Lipinski definition) is 1. The van der Waals surface area contributed by atoms with E-state index in [1.807, 2.05) is 0 Å². The van der Waals surface area contributed by atoms with Crippen LogP contribution in [0, 0.1) is 0 Å². The minimum Gasteiger partial charge on any atom is -0.152 e. The third-order valence-electron chi connectivity index (χ3n) is 2.14. The molecule has 1 heteroatoms. The van der Waals surface area contributed by atoms with E-state index < -0.39 is 0 Å². The van der Waals surface area contributed by atoms with E-state index in [1.165, 1.54) is 32.1 Å². The van der Waals surface area contributed by atoms with Crippen molar-refractivity contribution in [1.29, 1.82) is 0 Å². The number of thioether (sulfide) groups is 1. The minimum absolute atomic E-state index is 0.553. The van der Waals surface area contributed by atoms with Gasteiger partial charge in [-0.2, -0.15) is 11.8 Å². The summed E-state index contributed by atoms with van der Waals surface area (Å²) < 4.78 is 0.553. The number of unbranched alkanes of at least 4 members (excludes halogenated alkanes) is 1. The van der Waals surface area contributed by atoms with Gasteiger partial charge in [0.25, 0.3) is 0 Å². The summed E-state index contributed by atoms with van der Waals surface area (Å²) in [5.41, 5.74) is 0. The predicted molar refractivity (Wildman–Crippen MR) is 54.2 cm³/mol. The van der Waals surface area contributed by atoms with Crippen LogP contribution >= 0.6 is 11.8 Å². The highest BCUT2D eigenvalue weighted by Gasteiger charge is 2.29. The molecule has 0 unspecified atom stereocenters. The fourth-order valence-corrected chi connectivity index (χ4v) is 2.83. The molecule has 0 saturated heterocycles. The van der Waals surface area contributed by atoms with Crippen molar-refractivity contribution in [2.45, 2.75) is 62.9 Å². The van der Waals surface area contributed by atoms with E-state index in [4.69, 9.17) is 0 Å². The zero-order valence-electron chi connectivity index (χ0n) is 8.02. The molecule has 1 aliphatic rings. The second kappa shape index (κ2) is 3.84. The van der Waals surface area contributed by atoms with E-state index in [2.05, 4.69) is 32.5 Å². The summed E-state index contributed by atoms with van der Waals surface area (Å²) in [4.78, 5) is 0. The van der Waals surface area contributed by atoms with Crippen LogP contribution in [0.4, 0.5) is 0 Å². The van der Waals surface area contributed by atoms with Gasteiger partial charge in [0.2, 0.25) is 0 Å². The average molecular weight is 172 g/mol. The Morgan fingerprint density at radius 1 is 1.36 bits per heavy atom. The van der Waals surface area contributed by atoms with Gasteiger partial charge in [0.05, 0.1) is 0 Å². The highest BCUT2D eigenvalue weighted by molar-refractivity contribution is 8.01. The quantitative estimate of drug-likeness (QED) is 0.607. The van der Waals surface area contributed by atoms with Gasteiger partial charge in [-0.05, 0) is 19.3 Å². The lowest BCUT2D eigenvalue weighted by atomic mass is 10.1. The monoisotopic (exact) mass is 172 g/mol. The van der Waals surface area contributed by atoms with Gasteiger partial charge in [-0.1, -0.05) is 33.6 Å². The zero-order valence-corrected chi connectivity index (χ0v) is 8.84. The first kappa shape index (κ1) is 9.44. The molecule has 1 fully saturated rings. The van der Waals surface area contributed by atoms with Crippen molar-refractivity contribution in [2.24, 2.45) is 0 Å². The standard InChI is InChI=1S/C10H20S/c1-4-5-8-10(2,3)11-9-6-7-9/h9H,4-8H2,1-3H3. The molecule has 1 aliphatic carbocycles. The molecular formula is C10H20S. The normalized spacial score (nSPS) is 18.8. The Kier molecular flexibility index (Phi) is 3.29. The van der Waals surface area contributed by atoms with Gasteiger partial charge in [-0.25, -0.2) is 0 Å². The maximum Gasteiger partial charge on any atom is 0.0106 e. The third-order valence-corrected chi connectivity index (χ3v) is 3.79. The summed E-state index contributed by atoms with van der Waals surface area (Å²) >= 11 is 2.21. The van der Waals surface area contributed by atoms with Crippen molar-refractivity contribution in [3.05, 3.63) is 0 Å². The fourth-order valence-electron chi connectivity index (χ4n) is 1.30. The molecule has 66 valence electrons. The SMILES string of the molecule is CCCCC(C)(C)SC1CC1. The highest BCUT2D eigenvalue weighted by atomic mass is 32.2. The lowest BCUT2D eigenvalue weighted by Crippen LogP contribution is -2.15. The maximum atomic E-state index is 2.39. The van der Waals surface area contributed by atoms with Crippen molar-refractivity contribution < 1.29 is 0 Å². The van der Waals surface area contributed by atoms with Crippen LogP contribution in [-0.2, 0) is 0 Å². The van der Waals surface area contributed by atoms with Gasteiger partial charge in [0.1, 0.15) is 0 Å². The molecule has 0 atom stereocenters. The predicted octanol–water partition coefficient (Wildman–Crippen LogP) is 3.85. The second-order valence-electron chi connectivity index (χ2n) is 4.18. The third kappa shape index (κ3) is 4.05. The summed E-state index contributed by atoms with van der Waals surface area (Å²) in [7, 11) is 0. The second-order valence-corrected chi connectivity index (χ2v) is 6.19. The van der Waals surface area contributed by atoms with E-state index in [0.29, 0.717) is 4.75 Å². The molecule has 1 saturated carbocycles. The molecule has 1 rings (SSSR count). The smallest absolute Gasteiger partial charge is 0.0106 e. The van der Waals surface area contributed by atoms with Crippen molar-refractivity contribution in [3.8, 4) is 0 Å². The van der Waals surface area contributed by atoms with Crippen LogP contribution in [0.1, 0.15) is 52.9 Å². The van der Waals surface area contributed by atoms with E-state index >= 15 is 0 Å². The molecule has 0 aromatic heterocycles. The highest BCUT2D eigenvalue weighted by Crippen LogP contribution is 2.43. The Hall–Kier alpha value is 0.350. The molecule has 0 aliphatic heterocycles. The first-order valence-electron chi connectivity index (χ1n) is 4.82. The molecule has 0 radical (unpaired) electrons. The van der Waals surface area contributed by atoms with Gasteiger partial charge in [-0.15, -0.1) is 0 Å². The number of hydrogen-bond donors (Lipinski definition) is 0. The molecule has 0 aromatic rings. The Labute approximate surface area is 75.1 Å². The summed E-state index contributed by atoms with van der Waals surface area (Å²) in [6.45, 7) is 7.06. The number of rotatable bonds is 5. The molecular weight excluding hydrogens is 152 g/mol.